The molecule has 0 saturated carbocycles. The first-order chi connectivity index (χ1) is 18.8. The molecule has 39 heavy (non-hydrogen) atoms. The molecule has 8 heteroatoms. The second-order valence-electron chi connectivity index (χ2n) is 9.05. The van der Waals surface area contributed by atoms with Crippen LogP contribution in [0.25, 0.3) is 6.08 Å². The molecule has 4 aromatic rings. The summed E-state index contributed by atoms with van der Waals surface area (Å²) in [6, 6.07) is 27.2. The lowest BCUT2D eigenvalue weighted by Gasteiger charge is -2.16. The van der Waals surface area contributed by atoms with E-state index in [4.69, 9.17) is 21.3 Å². The highest BCUT2D eigenvalue weighted by molar-refractivity contribution is 9.11. The van der Waals surface area contributed by atoms with Crippen LogP contribution in [0.4, 0.5) is 11.4 Å². The molecule has 1 amide bonds. The van der Waals surface area contributed by atoms with E-state index in [2.05, 4.69) is 31.9 Å². The molecule has 196 valence electrons. The molecule has 0 aliphatic carbocycles. The zero-order chi connectivity index (χ0) is 27.5. The van der Waals surface area contributed by atoms with Crippen LogP contribution >= 0.6 is 55.2 Å². The highest BCUT2D eigenvalue weighted by Gasteiger charge is 2.34. The van der Waals surface area contributed by atoms with Crippen LogP contribution in [-0.2, 0) is 11.4 Å². The Bertz CT molecular complexity index is 1560. The predicted octanol–water partition coefficient (Wildman–Crippen LogP) is 9.87. The van der Waals surface area contributed by atoms with Crippen molar-refractivity contribution in [2.75, 3.05) is 4.90 Å². The Morgan fingerprint density at radius 2 is 1.49 bits per heavy atom. The number of benzene rings is 4. The minimum Gasteiger partial charge on any atom is -0.487 e. The number of hydrogen-bond acceptors (Lipinski definition) is 4. The van der Waals surface area contributed by atoms with Gasteiger partial charge in [-0.05, 0) is 123 Å². The Hall–Kier alpha value is -2.84. The molecule has 0 bridgehead atoms. The summed E-state index contributed by atoms with van der Waals surface area (Å²) in [5.41, 5.74) is 5.71. The molecule has 0 spiro atoms. The number of nitrogens with zero attached hydrogens (tertiary/aromatic N) is 2. The van der Waals surface area contributed by atoms with Gasteiger partial charge in [-0.2, -0.15) is 0 Å². The lowest BCUT2D eigenvalue weighted by molar-refractivity contribution is -0.113. The van der Waals surface area contributed by atoms with Crippen LogP contribution in [0.3, 0.4) is 0 Å². The SMILES string of the molecule is Cc1ccc(N=C2S/C(=C\c3cc(Br)c(OCc4ccc(Cl)cc4)c(Br)c3)C(=O)N2c2ccc(C)cc2)cc1. The number of rotatable bonds is 6. The van der Waals surface area contributed by atoms with Crippen molar-refractivity contribution < 1.29 is 9.53 Å². The van der Waals surface area contributed by atoms with Gasteiger partial charge < -0.3 is 4.74 Å². The topological polar surface area (TPSA) is 41.9 Å². The van der Waals surface area contributed by atoms with Gasteiger partial charge in [0.15, 0.2) is 5.17 Å². The van der Waals surface area contributed by atoms with E-state index in [9.17, 15) is 4.79 Å². The number of ether oxygens (including phenoxy) is 1. The molecular weight excluding hydrogens is 660 g/mol. The summed E-state index contributed by atoms with van der Waals surface area (Å²) in [7, 11) is 0. The van der Waals surface area contributed by atoms with Gasteiger partial charge in [-0.1, -0.05) is 59.1 Å². The van der Waals surface area contributed by atoms with Crippen LogP contribution in [0.15, 0.2) is 104 Å². The maximum Gasteiger partial charge on any atom is 0.271 e. The summed E-state index contributed by atoms with van der Waals surface area (Å²) < 4.78 is 7.61. The van der Waals surface area contributed by atoms with Gasteiger partial charge in [0.25, 0.3) is 5.91 Å². The first kappa shape index (κ1) is 27.7. The molecule has 4 nitrogen and oxygen atoms in total. The summed E-state index contributed by atoms with van der Waals surface area (Å²) in [4.78, 5) is 20.7. The van der Waals surface area contributed by atoms with Crippen LogP contribution in [-0.4, -0.2) is 11.1 Å². The van der Waals surface area contributed by atoms with Crippen LogP contribution in [0.2, 0.25) is 5.02 Å². The van der Waals surface area contributed by atoms with E-state index >= 15 is 0 Å². The summed E-state index contributed by atoms with van der Waals surface area (Å²) in [5.74, 6) is 0.561. The number of anilines is 1. The Morgan fingerprint density at radius 1 is 0.897 bits per heavy atom. The molecule has 1 aliphatic rings. The average Bonchev–Trinajstić information content (AvgIpc) is 3.20. The first-order valence-electron chi connectivity index (χ1n) is 12.1. The standard InChI is InChI=1S/C31H23Br2ClN2O2S/c1-19-3-11-24(12-4-19)35-31-36(25-13-5-20(2)6-14-25)30(37)28(39-31)17-22-15-26(32)29(27(33)16-22)38-18-21-7-9-23(34)10-8-21/h3-17H,18H2,1-2H3/b28-17-,35-31?. The van der Waals surface area contributed by atoms with E-state index in [1.807, 2.05) is 105 Å². The molecule has 5 rings (SSSR count). The molecule has 0 N–H and O–H groups in total. The quantitative estimate of drug-likeness (QED) is 0.190. The largest absolute Gasteiger partial charge is 0.487 e. The van der Waals surface area contributed by atoms with Gasteiger partial charge in [0, 0.05) is 5.02 Å². The molecule has 1 fully saturated rings. The van der Waals surface area contributed by atoms with E-state index in [1.165, 1.54) is 11.8 Å². The number of aliphatic imine (C=N–C) groups is 1. The van der Waals surface area contributed by atoms with E-state index < -0.39 is 0 Å². The van der Waals surface area contributed by atoms with Crippen molar-refractivity contribution in [3.8, 4) is 5.75 Å². The smallest absolute Gasteiger partial charge is 0.271 e. The van der Waals surface area contributed by atoms with Crippen LogP contribution in [0.1, 0.15) is 22.3 Å². The van der Waals surface area contributed by atoms with Gasteiger partial charge >= 0.3 is 0 Å². The third kappa shape index (κ3) is 6.67. The zero-order valence-corrected chi connectivity index (χ0v) is 25.9. The lowest BCUT2D eigenvalue weighted by Crippen LogP contribution is -2.28. The van der Waals surface area contributed by atoms with Crippen molar-refractivity contribution in [1.29, 1.82) is 0 Å². The molecule has 1 saturated heterocycles. The van der Waals surface area contributed by atoms with Gasteiger partial charge in [0.05, 0.1) is 25.2 Å². The van der Waals surface area contributed by atoms with Gasteiger partial charge in [0.2, 0.25) is 0 Å². The minimum atomic E-state index is -0.120. The third-order valence-electron chi connectivity index (χ3n) is 5.97. The molecule has 0 unspecified atom stereocenters. The van der Waals surface area contributed by atoms with Gasteiger partial charge in [-0.3, -0.25) is 9.69 Å². The van der Waals surface area contributed by atoms with Crippen molar-refractivity contribution in [1.82, 2.24) is 0 Å². The predicted molar refractivity (Wildman–Crippen MR) is 170 cm³/mol. The fourth-order valence-electron chi connectivity index (χ4n) is 3.89. The van der Waals surface area contributed by atoms with Crippen molar-refractivity contribution in [3.63, 3.8) is 0 Å². The fourth-order valence-corrected chi connectivity index (χ4v) is 6.47. The average molecular weight is 683 g/mol. The number of hydrogen-bond donors (Lipinski definition) is 0. The number of carbonyl (C=O) groups is 1. The maximum absolute atomic E-state index is 13.7. The van der Waals surface area contributed by atoms with E-state index in [-0.39, 0.29) is 5.91 Å². The highest BCUT2D eigenvalue weighted by Crippen LogP contribution is 2.40. The lowest BCUT2D eigenvalue weighted by atomic mass is 10.2. The Kier molecular flexibility index (Phi) is 8.62. The summed E-state index contributed by atoms with van der Waals surface area (Å²) in [6.45, 7) is 4.46. The molecule has 1 aliphatic heterocycles. The normalized spacial score (nSPS) is 15.4. The Labute approximate surface area is 254 Å². The number of amides is 1. The monoisotopic (exact) mass is 680 g/mol. The van der Waals surface area contributed by atoms with Crippen LogP contribution in [0.5, 0.6) is 5.75 Å². The van der Waals surface area contributed by atoms with Crippen molar-refractivity contribution in [2.24, 2.45) is 4.99 Å². The number of aryl methyl sites for hydroxylation is 2. The number of halogens is 3. The summed E-state index contributed by atoms with van der Waals surface area (Å²) >= 11 is 14.6. The highest BCUT2D eigenvalue weighted by atomic mass is 79.9. The van der Waals surface area contributed by atoms with E-state index in [0.717, 1.165) is 42.6 Å². The second kappa shape index (κ2) is 12.1. The van der Waals surface area contributed by atoms with Gasteiger partial charge in [0.1, 0.15) is 12.4 Å². The van der Waals surface area contributed by atoms with E-state index in [1.54, 1.807) is 4.90 Å². The van der Waals surface area contributed by atoms with Crippen LogP contribution in [0, 0.1) is 13.8 Å². The molecular formula is C31H23Br2ClN2O2S. The number of amidine groups is 1. The minimum absolute atomic E-state index is 0.120. The van der Waals surface area contributed by atoms with Gasteiger partial charge in [-0.25, -0.2) is 4.99 Å². The van der Waals surface area contributed by atoms with Crippen molar-refractivity contribution >= 4 is 83.7 Å². The van der Waals surface area contributed by atoms with E-state index in [0.29, 0.717) is 27.5 Å². The molecule has 0 atom stereocenters. The Balaban J connectivity index is 1.44. The molecule has 1 heterocycles. The zero-order valence-electron chi connectivity index (χ0n) is 21.1. The molecule has 0 aromatic heterocycles. The second-order valence-corrected chi connectivity index (χ2v) is 12.2. The van der Waals surface area contributed by atoms with Crippen molar-refractivity contribution in [3.05, 3.63) is 126 Å². The molecule has 4 aromatic carbocycles. The number of thioether (sulfide) groups is 1. The number of carbonyl (C=O) groups excluding carboxylic acids is 1. The third-order valence-corrected chi connectivity index (χ3v) is 8.37. The summed E-state index contributed by atoms with van der Waals surface area (Å²) in [5, 5.41) is 1.30. The van der Waals surface area contributed by atoms with Gasteiger partial charge in [-0.15, -0.1) is 0 Å². The van der Waals surface area contributed by atoms with Crippen LogP contribution < -0.4 is 9.64 Å². The summed E-state index contributed by atoms with van der Waals surface area (Å²) in [6.07, 6.45) is 1.88. The van der Waals surface area contributed by atoms with Crippen molar-refractivity contribution in [2.45, 2.75) is 20.5 Å². The molecule has 0 radical (unpaired) electrons. The first-order valence-corrected chi connectivity index (χ1v) is 14.9. The Morgan fingerprint density at radius 3 is 2.10 bits per heavy atom. The maximum atomic E-state index is 13.7. The fraction of sp³-hybridized carbons (Fsp3) is 0.0968.